The highest BCUT2D eigenvalue weighted by Gasteiger charge is 2.19. The zero-order valence-corrected chi connectivity index (χ0v) is 13.3. The first kappa shape index (κ1) is 16.4. The number of hydrogen-bond acceptors (Lipinski definition) is 4. The topological polar surface area (TPSA) is 99.1 Å². The minimum atomic E-state index is -0.290. The van der Waals surface area contributed by atoms with Gasteiger partial charge in [0.2, 0.25) is 11.8 Å². The summed E-state index contributed by atoms with van der Waals surface area (Å²) in [5, 5.41) is 14.2. The predicted octanol–water partition coefficient (Wildman–Crippen LogP) is 2.65. The van der Waals surface area contributed by atoms with Gasteiger partial charge < -0.3 is 10.6 Å². The fraction of sp³-hybridized carbons (Fsp3) is 0.158. The molecule has 1 aliphatic rings. The molecule has 0 aliphatic carbocycles. The third-order valence-corrected chi connectivity index (χ3v) is 3.91. The Labute approximate surface area is 144 Å². The summed E-state index contributed by atoms with van der Waals surface area (Å²) in [6, 6.07) is 13.6. The van der Waals surface area contributed by atoms with E-state index in [-0.39, 0.29) is 36.9 Å². The molecule has 0 spiro atoms. The number of Topliss-reactive ketones (excluding diaryl/α,β-unsaturated/α-hetero) is 1. The Morgan fingerprint density at radius 1 is 1.16 bits per heavy atom. The molecule has 0 aromatic heterocycles. The highest BCUT2D eigenvalue weighted by molar-refractivity contribution is 6.03. The molecule has 25 heavy (non-hydrogen) atoms. The van der Waals surface area contributed by atoms with Crippen LogP contribution in [0.15, 0.2) is 42.5 Å². The van der Waals surface area contributed by atoms with Crippen LogP contribution in [0.25, 0.3) is 0 Å². The molecule has 0 unspecified atom stereocenters. The Hall–Kier alpha value is -3.46. The normalized spacial score (nSPS) is 12.0. The van der Waals surface area contributed by atoms with Gasteiger partial charge in [-0.3, -0.25) is 14.4 Å². The van der Waals surface area contributed by atoms with Crippen molar-refractivity contribution in [3.8, 4) is 6.07 Å². The summed E-state index contributed by atoms with van der Waals surface area (Å²) < 4.78 is 0. The van der Waals surface area contributed by atoms with Crippen LogP contribution in [0.3, 0.4) is 0 Å². The van der Waals surface area contributed by atoms with Gasteiger partial charge in [-0.15, -0.1) is 0 Å². The Morgan fingerprint density at radius 3 is 2.80 bits per heavy atom. The number of nitrogens with zero attached hydrogens (tertiary/aromatic N) is 1. The minimum Gasteiger partial charge on any atom is -0.326 e. The SMILES string of the molecule is N#Cc1cccc(NC(=O)CCC(=O)c2ccc3c(c2)CC(=O)N3)c1. The highest BCUT2D eigenvalue weighted by Crippen LogP contribution is 2.24. The molecule has 6 heteroatoms. The maximum Gasteiger partial charge on any atom is 0.228 e. The molecule has 0 fully saturated rings. The van der Waals surface area contributed by atoms with Crippen molar-refractivity contribution in [2.24, 2.45) is 0 Å². The van der Waals surface area contributed by atoms with Crippen molar-refractivity contribution in [2.45, 2.75) is 19.3 Å². The summed E-state index contributed by atoms with van der Waals surface area (Å²) in [5.74, 6) is -0.525. The van der Waals surface area contributed by atoms with Crippen molar-refractivity contribution in [3.63, 3.8) is 0 Å². The number of nitriles is 1. The van der Waals surface area contributed by atoms with Gasteiger partial charge in [-0.05, 0) is 42.0 Å². The Morgan fingerprint density at radius 2 is 2.00 bits per heavy atom. The number of nitrogens with one attached hydrogen (secondary N) is 2. The van der Waals surface area contributed by atoms with Gasteiger partial charge in [-0.2, -0.15) is 5.26 Å². The van der Waals surface area contributed by atoms with Gasteiger partial charge in [-0.25, -0.2) is 0 Å². The zero-order valence-electron chi connectivity index (χ0n) is 13.3. The molecule has 2 N–H and O–H groups in total. The van der Waals surface area contributed by atoms with E-state index in [1.165, 1.54) is 0 Å². The number of ketones is 1. The summed E-state index contributed by atoms with van der Waals surface area (Å²) >= 11 is 0. The van der Waals surface area contributed by atoms with Crippen LogP contribution in [0, 0.1) is 11.3 Å². The van der Waals surface area contributed by atoms with Crippen molar-refractivity contribution >= 4 is 29.0 Å². The van der Waals surface area contributed by atoms with Crippen LogP contribution in [-0.2, 0) is 16.0 Å². The summed E-state index contributed by atoms with van der Waals surface area (Å²) in [5.41, 5.74) is 3.01. The van der Waals surface area contributed by atoms with E-state index < -0.39 is 0 Å². The largest absolute Gasteiger partial charge is 0.326 e. The van der Waals surface area contributed by atoms with Crippen molar-refractivity contribution in [1.29, 1.82) is 5.26 Å². The smallest absolute Gasteiger partial charge is 0.228 e. The third-order valence-electron chi connectivity index (χ3n) is 3.91. The first-order valence-corrected chi connectivity index (χ1v) is 7.81. The number of carbonyl (C=O) groups is 3. The molecule has 2 amide bonds. The minimum absolute atomic E-state index is 0.0455. The molecule has 0 bridgehead atoms. The van der Waals surface area contributed by atoms with Gasteiger partial charge in [0.05, 0.1) is 18.1 Å². The van der Waals surface area contributed by atoms with Crippen molar-refractivity contribution in [2.75, 3.05) is 10.6 Å². The van der Waals surface area contributed by atoms with Gasteiger partial charge in [0.15, 0.2) is 5.78 Å². The van der Waals surface area contributed by atoms with E-state index in [9.17, 15) is 14.4 Å². The average Bonchev–Trinajstić information content (AvgIpc) is 2.99. The molecule has 124 valence electrons. The van der Waals surface area contributed by atoms with Gasteiger partial charge in [0.1, 0.15) is 0 Å². The third kappa shape index (κ3) is 3.90. The van der Waals surface area contributed by atoms with Crippen LogP contribution in [0.5, 0.6) is 0 Å². The standard InChI is InChI=1S/C19H15N3O3/c20-11-12-2-1-3-15(8-12)21-18(24)7-6-17(23)13-4-5-16-14(9-13)10-19(25)22-16/h1-5,8-9H,6-7,10H2,(H,21,24)(H,22,25). The average molecular weight is 333 g/mol. The van der Waals surface area contributed by atoms with E-state index in [2.05, 4.69) is 10.6 Å². The van der Waals surface area contributed by atoms with E-state index >= 15 is 0 Å². The van der Waals surface area contributed by atoms with E-state index in [4.69, 9.17) is 5.26 Å². The van der Waals surface area contributed by atoms with Crippen LogP contribution in [0.1, 0.15) is 34.3 Å². The quantitative estimate of drug-likeness (QED) is 0.822. The number of fused-ring (bicyclic) bond motifs is 1. The lowest BCUT2D eigenvalue weighted by Gasteiger charge is -2.06. The fourth-order valence-corrected chi connectivity index (χ4v) is 2.66. The molecular weight excluding hydrogens is 318 g/mol. The van der Waals surface area contributed by atoms with Crippen LogP contribution >= 0.6 is 0 Å². The van der Waals surface area contributed by atoms with Crippen LogP contribution in [0.2, 0.25) is 0 Å². The molecule has 1 heterocycles. The number of anilines is 2. The molecule has 0 saturated heterocycles. The Bertz CT molecular complexity index is 912. The monoisotopic (exact) mass is 333 g/mol. The Balaban J connectivity index is 1.57. The zero-order chi connectivity index (χ0) is 17.8. The number of carbonyl (C=O) groups excluding carboxylic acids is 3. The lowest BCUT2D eigenvalue weighted by Crippen LogP contribution is -2.13. The molecule has 1 aliphatic heterocycles. The first-order chi connectivity index (χ1) is 12.0. The summed E-state index contributed by atoms with van der Waals surface area (Å²) in [7, 11) is 0. The van der Waals surface area contributed by atoms with E-state index in [0.29, 0.717) is 16.8 Å². The maximum absolute atomic E-state index is 12.3. The second kappa shape index (κ2) is 6.97. The molecular formula is C19H15N3O3. The lowest BCUT2D eigenvalue weighted by molar-refractivity contribution is -0.116. The second-order valence-electron chi connectivity index (χ2n) is 5.76. The molecule has 2 aromatic carbocycles. The predicted molar refractivity (Wildman–Crippen MR) is 92.1 cm³/mol. The van der Waals surface area contributed by atoms with Gasteiger partial charge in [0.25, 0.3) is 0 Å². The number of benzene rings is 2. The summed E-state index contributed by atoms with van der Waals surface area (Å²) in [6.07, 6.45) is 0.389. The number of rotatable bonds is 5. The fourth-order valence-electron chi connectivity index (χ4n) is 2.66. The van der Waals surface area contributed by atoms with Crippen LogP contribution < -0.4 is 10.6 Å². The van der Waals surface area contributed by atoms with Gasteiger partial charge >= 0.3 is 0 Å². The van der Waals surface area contributed by atoms with E-state index in [1.807, 2.05) is 6.07 Å². The Kier molecular flexibility index (Phi) is 4.57. The molecule has 6 nitrogen and oxygen atoms in total. The molecule has 0 saturated carbocycles. The second-order valence-corrected chi connectivity index (χ2v) is 5.76. The maximum atomic E-state index is 12.3. The lowest BCUT2D eigenvalue weighted by atomic mass is 10.0. The highest BCUT2D eigenvalue weighted by atomic mass is 16.2. The molecule has 0 atom stereocenters. The van der Waals surface area contributed by atoms with Crippen molar-refractivity contribution in [1.82, 2.24) is 0 Å². The number of amides is 2. The van der Waals surface area contributed by atoms with Crippen LogP contribution in [0.4, 0.5) is 11.4 Å². The summed E-state index contributed by atoms with van der Waals surface area (Å²) in [4.78, 5) is 35.6. The molecule has 3 rings (SSSR count). The first-order valence-electron chi connectivity index (χ1n) is 7.81. The van der Waals surface area contributed by atoms with Gasteiger partial charge in [0, 0.05) is 29.8 Å². The van der Waals surface area contributed by atoms with Crippen molar-refractivity contribution in [3.05, 3.63) is 59.2 Å². The number of hydrogen-bond donors (Lipinski definition) is 2. The molecule has 2 aromatic rings. The van der Waals surface area contributed by atoms with E-state index in [1.54, 1.807) is 42.5 Å². The van der Waals surface area contributed by atoms with E-state index in [0.717, 1.165) is 11.3 Å². The summed E-state index contributed by atoms with van der Waals surface area (Å²) in [6.45, 7) is 0. The van der Waals surface area contributed by atoms with Crippen LogP contribution in [-0.4, -0.2) is 17.6 Å². The molecule has 0 radical (unpaired) electrons. The van der Waals surface area contributed by atoms with Crippen molar-refractivity contribution < 1.29 is 14.4 Å². The van der Waals surface area contributed by atoms with Gasteiger partial charge in [-0.1, -0.05) is 6.07 Å².